The number of amidine groups is 1. The second-order valence-corrected chi connectivity index (χ2v) is 4.16. The van der Waals surface area contributed by atoms with Gasteiger partial charge >= 0.3 is 0 Å². The van der Waals surface area contributed by atoms with Gasteiger partial charge in [0.05, 0.1) is 6.10 Å². The number of nitrogens with zero attached hydrogens (tertiary/aromatic N) is 2. The summed E-state index contributed by atoms with van der Waals surface area (Å²) in [6, 6.07) is 4.02. The number of hydrogen-bond acceptors (Lipinski definition) is 4. The molecule has 0 saturated carbocycles. The minimum atomic E-state index is 0.0262. The van der Waals surface area contributed by atoms with Gasteiger partial charge in [0.15, 0.2) is 0 Å². The van der Waals surface area contributed by atoms with Crippen molar-refractivity contribution >= 4 is 5.84 Å². The average molecular weight is 251 g/mol. The summed E-state index contributed by atoms with van der Waals surface area (Å²) in [7, 11) is 0. The van der Waals surface area contributed by atoms with Gasteiger partial charge in [-0.2, -0.15) is 0 Å². The van der Waals surface area contributed by atoms with Crippen molar-refractivity contribution in [3.05, 3.63) is 30.1 Å². The highest BCUT2D eigenvalue weighted by molar-refractivity contribution is 5.80. The molecular weight excluding hydrogens is 230 g/mol. The molecule has 0 spiro atoms. The Morgan fingerprint density at radius 1 is 1.50 bits per heavy atom. The first kappa shape index (κ1) is 14.4. The number of hydrogen-bond donors (Lipinski definition) is 2. The van der Waals surface area contributed by atoms with E-state index in [0.717, 1.165) is 19.3 Å². The maximum atomic E-state index is 8.50. The van der Waals surface area contributed by atoms with E-state index in [2.05, 4.69) is 10.1 Å². The molecule has 1 rings (SSSR count). The van der Waals surface area contributed by atoms with Gasteiger partial charge in [0.2, 0.25) is 0 Å². The molecule has 3 N–H and O–H groups in total. The van der Waals surface area contributed by atoms with Crippen molar-refractivity contribution in [1.29, 1.82) is 0 Å². The number of aryl methyl sites for hydroxylation is 1. The summed E-state index contributed by atoms with van der Waals surface area (Å²) in [5.74, 6) is 0.219. The molecule has 5 heteroatoms. The number of nitrogens with two attached hydrogens (primary N) is 1. The second kappa shape index (κ2) is 8.47. The molecule has 0 amide bonds. The molecular formula is C13H21N3O2. The van der Waals surface area contributed by atoms with Crippen LogP contribution in [0, 0.1) is 0 Å². The maximum absolute atomic E-state index is 8.50. The standard InChI is InChI=1S/C13H21N3O2/c1-2-12(10-13(14)16-17)18-9-3-4-11-5-7-15-8-6-11/h5-8,12,17H,2-4,9-10H2,1H3,(H2,14,16). The fraction of sp³-hybridized carbons (Fsp3) is 0.538. The van der Waals surface area contributed by atoms with E-state index >= 15 is 0 Å². The molecule has 1 aromatic heterocycles. The van der Waals surface area contributed by atoms with Gasteiger partial charge in [-0.15, -0.1) is 0 Å². The van der Waals surface area contributed by atoms with Crippen molar-refractivity contribution in [2.24, 2.45) is 10.9 Å². The van der Waals surface area contributed by atoms with Crippen LogP contribution >= 0.6 is 0 Å². The highest BCUT2D eigenvalue weighted by Gasteiger charge is 2.08. The monoisotopic (exact) mass is 251 g/mol. The van der Waals surface area contributed by atoms with E-state index in [0.29, 0.717) is 13.0 Å². The van der Waals surface area contributed by atoms with Gasteiger partial charge in [0.1, 0.15) is 5.84 Å². The minimum absolute atomic E-state index is 0.0262. The molecule has 1 atom stereocenters. The van der Waals surface area contributed by atoms with Gasteiger partial charge in [-0.25, -0.2) is 0 Å². The number of rotatable bonds is 8. The molecule has 0 aliphatic rings. The molecule has 0 saturated heterocycles. The summed E-state index contributed by atoms with van der Waals surface area (Å²) in [5, 5.41) is 11.5. The fourth-order valence-corrected chi connectivity index (χ4v) is 1.67. The fourth-order valence-electron chi connectivity index (χ4n) is 1.67. The quantitative estimate of drug-likeness (QED) is 0.243. The van der Waals surface area contributed by atoms with E-state index < -0.39 is 0 Å². The van der Waals surface area contributed by atoms with Gasteiger partial charge in [-0.3, -0.25) is 4.98 Å². The SMILES string of the molecule is CCC(C/C(N)=N/O)OCCCc1ccncc1. The van der Waals surface area contributed by atoms with E-state index in [1.807, 2.05) is 19.1 Å². The van der Waals surface area contributed by atoms with E-state index in [1.54, 1.807) is 12.4 Å². The number of oxime groups is 1. The lowest BCUT2D eigenvalue weighted by Gasteiger charge is -2.15. The third-order valence-corrected chi connectivity index (χ3v) is 2.73. The summed E-state index contributed by atoms with van der Waals surface area (Å²) < 4.78 is 5.70. The van der Waals surface area contributed by atoms with Crippen molar-refractivity contribution in [3.63, 3.8) is 0 Å². The van der Waals surface area contributed by atoms with Gasteiger partial charge in [0, 0.05) is 25.4 Å². The third kappa shape index (κ3) is 5.63. The van der Waals surface area contributed by atoms with Crippen molar-refractivity contribution in [2.45, 2.75) is 38.7 Å². The van der Waals surface area contributed by atoms with Gasteiger partial charge < -0.3 is 15.7 Å². The van der Waals surface area contributed by atoms with E-state index in [4.69, 9.17) is 15.7 Å². The normalized spacial score (nSPS) is 13.5. The summed E-state index contributed by atoms with van der Waals surface area (Å²) >= 11 is 0. The lowest BCUT2D eigenvalue weighted by molar-refractivity contribution is 0.0536. The van der Waals surface area contributed by atoms with Crippen molar-refractivity contribution in [3.8, 4) is 0 Å². The molecule has 1 unspecified atom stereocenters. The molecule has 1 heterocycles. The zero-order chi connectivity index (χ0) is 13.2. The minimum Gasteiger partial charge on any atom is -0.409 e. The lowest BCUT2D eigenvalue weighted by Crippen LogP contribution is -2.23. The molecule has 1 aromatic rings. The van der Waals surface area contributed by atoms with Crippen LogP contribution in [0.4, 0.5) is 0 Å². The first-order chi connectivity index (χ1) is 8.76. The summed E-state index contributed by atoms with van der Waals surface area (Å²) in [6.07, 6.45) is 6.87. The molecule has 0 aliphatic carbocycles. The molecule has 100 valence electrons. The van der Waals surface area contributed by atoms with Crippen LogP contribution in [0.5, 0.6) is 0 Å². The van der Waals surface area contributed by atoms with Crippen LogP contribution in [0.15, 0.2) is 29.7 Å². The molecule has 0 aliphatic heterocycles. The Labute approximate surface area is 108 Å². The largest absolute Gasteiger partial charge is 0.409 e. The number of pyridine rings is 1. The molecule has 0 bridgehead atoms. The Kier molecular flexibility index (Phi) is 6.79. The van der Waals surface area contributed by atoms with Crippen molar-refractivity contribution < 1.29 is 9.94 Å². The van der Waals surface area contributed by atoms with Crippen molar-refractivity contribution in [2.75, 3.05) is 6.61 Å². The molecule has 18 heavy (non-hydrogen) atoms. The Bertz CT molecular complexity index is 355. The first-order valence-electron chi connectivity index (χ1n) is 6.23. The van der Waals surface area contributed by atoms with Gasteiger partial charge in [0.25, 0.3) is 0 Å². The lowest BCUT2D eigenvalue weighted by atomic mass is 10.1. The highest BCUT2D eigenvalue weighted by Crippen LogP contribution is 2.06. The van der Waals surface area contributed by atoms with Crippen LogP contribution < -0.4 is 5.73 Å². The summed E-state index contributed by atoms with van der Waals surface area (Å²) in [6.45, 7) is 2.71. The van der Waals surface area contributed by atoms with Crippen LogP contribution in [-0.4, -0.2) is 28.7 Å². The van der Waals surface area contributed by atoms with Crippen LogP contribution in [-0.2, 0) is 11.2 Å². The first-order valence-corrected chi connectivity index (χ1v) is 6.23. The van der Waals surface area contributed by atoms with Crippen molar-refractivity contribution in [1.82, 2.24) is 4.98 Å². The molecule has 5 nitrogen and oxygen atoms in total. The van der Waals surface area contributed by atoms with Crippen LogP contribution in [0.3, 0.4) is 0 Å². The Morgan fingerprint density at radius 2 is 2.22 bits per heavy atom. The molecule has 0 aromatic carbocycles. The third-order valence-electron chi connectivity index (χ3n) is 2.73. The van der Waals surface area contributed by atoms with E-state index in [1.165, 1.54) is 5.56 Å². The Morgan fingerprint density at radius 3 is 2.83 bits per heavy atom. The summed E-state index contributed by atoms with van der Waals surface area (Å²) in [5.41, 5.74) is 6.72. The zero-order valence-corrected chi connectivity index (χ0v) is 10.7. The molecule has 0 fully saturated rings. The van der Waals surface area contributed by atoms with E-state index in [-0.39, 0.29) is 11.9 Å². The Hall–Kier alpha value is -1.62. The van der Waals surface area contributed by atoms with Gasteiger partial charge in [-0.1, -0.05) is 12.1 Å². The highest BCUT2D eigenvalue weighted by atomic mass is 16.5. The summed E-state index contributed by atoms with van der Waals surface area (Å²) in [4.78, 5) is 3.98. The van der Waals surface area contributed by atoms with Crippen LogP contribution in [0.25, 0.3) is 0 Å². The predicted molar refractivity (Wildman–Crippen MR) is 70.6 cm³/mol. The van der Waals surface area contributed by atoms with Gasteiger partial charge in [-0.05, 0) is 37.0 Å². The number of aromatic nitrogens is 1. The smallest absolute Gasteiger partial charge is 0.141 e. The average Bonchev–Trinajstić information content (AvgIpc) is 2.43. The topological polar surface area (TPSA) is 80.7 Å². The predicted octanol–water partition coefficient (Wildman–Crippen LogP) is 1.95. The zero-order valence-electron chi connectivity index (χ0n) is 10.7. The molecule has 0 radical (unpaired) electrons. The Balaban J connectivity index is 2.20. The van der Waals surface area contributed by atoms with Crippen LogP contribution in [0.1, 0.15) is 31.7 Å². The number of ether oxygens (including phenoxy) is 1. The maximum Gasteiger partial charge on any atom is 0.141 e. The van der Waals surface area contributed by atoms with E-state index in [9.17, 15) is 0 Å². The second-order valence-electron chi connectivity index (χ2n) is 4.16. The van der Waals surface area contributed by atoms with Crippen LogP contribution in [0.2, 0.25) is 0 Å².